The van der Waals surface area contributed by atoms with Gasteiger partial charge in [0.25, 0.3) is 0 Å². The number of benzene rings is 1. The van der Waals surface area contributed by atoms with Gasteiger partial charge in [-0.15, -0.1) is 0 Å². The van der Waals surface area contributed by atoms with Crippen molar-refractivity contribution in [2.75, 3.05) is 23.3 Å². The van der Waals surface area contributed by atoms with Gasteiger partial charge in [-0.1, -0.05) is 13.8 Å². The van der Waals surface area contributed by atoms with Crippen LogP contribution in [-0.2, 0) is 9.59 Å². The monoisotopic (exact) mass is 303 g/mol. The molecule has 1 heterocycles. The van der Waals surface area contributed by atoms with Gasteiger partial charge in [0.1, 0.15) is 6.04 Å². The van der Waals surface area contributed by atoms with Crippen LogP contribution >= 0.6 is 0 Å². The van der Waals surface area contributed by atoms with E-state index in [1.807, 2.05) is 36.1 Å². The summed E-state index contributed by atoms with van der Waals surface area (Å²) in [6, 6.07) is 7.37. The number of nitrogens with one attached hydrogen (secondary N) is 2. The summed E-state index contributed by atoms with van der Waals surface area (Å²) >= 11 is 0. The lowest BCUT2D eigenvalue weighted by Gasteiger charge is -2.18. The minimum absolute atomic E-state index is 0.00695. The van der Waals surface area contributed by atoms with E-state index in [2.05, 4.69) is 24.5 Å². The number of nitrogens with zero attached hydrogens (tertiary/aromatic N) is 1. The fourth-order valence-corrected chi connectivity index (χ4v) is 2.43. The third kappa shape index (κ3) is 4.23. The second-order valence-corrected chi connectivity index (χ2v) is 6.20. The molecule has 5 heteroatoms. The van der Waals surface area contributed by atoms with E-state index < -0.39 is 0 Å². The van der Waals surface area contributed by atoms with Crippen molar-refractivity contribution in [1.29, 1.82) is 0 Å². The van der Waals surface area contributed by atoms with E-state index in [1.54, 1.807) is 0 Å². The van der Waals surface area contributed by atoms with Crippen LogP contribution in [-0.4, -0.2) is 30.9 Å². The van der Waals surface area contributed by atoms with Crippen LogP contribution in [0.15, 0.2) is 24.3 Å². The van der Waals surface area contributed by atoms with E-state index in [9.17, 15) is 9.59 Å². The molecular formula is C17H25N3O2. The van der Waals surface area contributed by atoms with Crippen molar-refractivity contribution in [3.63, 3.8) is 0 Å². The molecule has 1 aromatic rings. The Balaban J connectivity index is 1.90. The number of carbonyl (C=O) groups excluding carboxylic acids is 2. The molecule has 120 valence electrons. The summed E-state index contributed by atoms with van der Waals surface area (Å²) in [6.07, 6.45) is 1.55. The number of hydrogen-bond donors (Lipinski definition) is 2. The van der Waals surface area contributed by atoms with Crippen molar-refractivity contribution in [3.05, 3.63) is 24.3 Å². The van der Waals surface area contributed by atoms with Crippen molar-refractivity contribution >= 4 is 23.2 Å². The van der Waals surface area contributed by atoms with Crippen LogP contribution in [0.3, 0.4) is 0 Å². The Hall–Kier alpha value is -2.04. The lowest BCUT2D eigenvalue weighted by molar-refractivity contribution is -0.121. The van der Waals surface area contributed by atoms with Gasteiger partial charge in [0, 0.05) is 30.9 Å². The minimum Gasteiger partial charge on any atom is -0.374 e. The molecule has 0 bridgehead atoms. The number of hydrogen-bond acceptors (Lipinski definition) is 3. The van der Waals surface area contributed by atoms with Crippen molar-refractivity contribution in [2.24, 2.45) is 5.92 Å². The minimum atomic E-state index is -0.294. The normalized spacial score (nSPS) is 16.0. The first-order valence-electron chi connectivity index (χ1n) is 7.92. The highest BCUT2D eigenvalue weighted by Crippen LogP contribution is 2.23. The predicted octanol–water partition coefficient (Wildman–Crippen LogP) is 2.39. The van der Waals surface area contributed by atoms with Gasteiger partial charge in [-0.2, -0.15) is 0 Å². The number of rotatable bonds is 6. The third-order valence-electron chi connectivity index (χ3n) is 3.71. The van der Waals surface area contributed by atoms with Crippen molar-refractivity contribution in [1.82, 2.24) is 5.32 Å². The first-order chi connectivity index (χ1) is 10.5. The lowest BCUT2D eigenvalue weighted by atomic mass is 10.2. The van der Waals surface area contributed by atoms with Crippen LogP contribution in [0.25, 0.3) is 0 Å². The van der Waals surface area contributed by atoms with Gasteiger partial charge in [-0.3, -0.25) is 9.59 Å². The summed E-state index contributed by atoms with van der Waals surface area (Å²) in [5, 5.41) is 6.09. The van der Waals surface area contributed by atoms with Gasteiger partial charge in [0.05, 0.1) is 0 Å². The smallest absolute Gasteiger partial charge is 0.242 e. The Morgan fingerprint density at radius 2 is 1.91 bits per heavy atom. The SMILES string of the molecule is CC(C)CNC(=O)[C@@H](C)Nc1ccc(N2CCCC2=O)cc1. The molecule has 0 aliphatic carbocycles. The van der Waals surface area contributed by atoms with E-state index >= 15 is 0 Å². The standard InChI is InChI=1S/C17H25N3O2/c1-12(2)11-18-17(22)13(3)19-14-6-8-15(9-7-14)20-10-4-5-16(20)21/h6-9,12-13,19H,4-5,10-11H2,1-3H3,(H,18,22)/t13-/m1/s1. The molecule has 1 fully saturated rings. The Labute approximate surface area is 132 Å². The highest BCUT2D eigenvalue weighted by atomic mass is 16.2. The molecular weight excluding hydrogens is 278 g/mol. The molecule has 1 aliphatic heterocycles. The van der Waals surface area contributed by atoms with E-state index in [0.29, 0.717) is 18.9 Å². The van der Waals surface area contributed by atoms with Crippen LogP contribution in [0, 0.1) is 5.92 Å². The number of amides is 2. The van der Waals surface area contributed by atoms with Gasteiger partial charge in [-0.05, 0) is 43.5 Å². The molecule has 2 rings (SSSR count). The maximum absolute atomic E-state index is 11.9. The summed E-state index contributed by atoms with van der Waals surface area (Å²) < 4.78 is 0. The maximum Gasteiger partial charge on any atom is 0.242 e. The lowest BCUT2D eigenvalue weighted by Crippen LogP contribution is -2.39. The third-order valence-corrected chi connectivity index (χ3v) is 3.71. The first-order valence-corrected chi connectivity index (χ1v) is 7.92. The molecule has 0 radical (unpaired) electrons. The summed E-state index contributed by atoms with van der Waals surface area (Å²) in [4.78, 5) is 25.5. The molecule has 0 unspecified atom stereocenters. The zero-order chi connectivity index (χ0) is 16.1. The van der Waals surface area contributed by atoms with Crippen LogP contribution in [0.4, 0.5) is 11.4 Å². The summed E-state index contributed by atoms with van der Waals surface area (Å²) in [5.41, 5.74) is 1.80. The molecule has 1 aliphatic rings. The van der Waals surface area contributed by atoms with Crippen molar-refractivity contribution in [3.8, 4) is 0 Å². The molecule has 0 saturated carbocycles. The highest BCUT2D eigenvalue weighted by molar-refractivity contribution is 5.95. The molecule has 1 aromatic carbocycles. The molecule has 0 aromatic heterocycles. The Morgan fingerprint density at radius 1 is 1.23 bits per heavy atom. The van der Waals surface area contributed by atoms with Crippen molar-refractivity contribution in [2.45, 2.75) is 39.7 Å². The number of carbonyl (C=O) groups is 2. The van der Waals surface area contributed by atoms with E-state index in [0.717, 1.165) is 24.3 Å². The zero-order valence-electron chi connectivity index (χ0n) is 13.6. The largest absolute Gasteiger partial charge is 0.374 e. The Bertz CT molecular complexity index is 525. The molecule has 2 N–H and O–H groups in total. The quantitative estimate of drug-likeness (QED) is 0.848. The van der Waals surface area contributed by atoms with E-state index in [-0.39, 0.29) is 17.9 Å². The van der Waals surface area contributed by atoms with Crippen LogP contribution < -0.4 is 15.5 Å². The summed E-state index contributed by atoms with van der Waals surface area (Å²) in [5.74, 6) is 0.614. The molecule has 5 nitrogen and oxygen atoms in total. The maximum atomic E-state index is 11.9. The van der Waals surface area contributed by atoms with Crippen LogP contribution in [0.2, 0.25) is 0 Å². The first kappa shape index (κ1) is 16.3. The summed E-state index contributed by atoms with van der Waals surface area (Å²) in [7, 11) is 0. The molecule has 1 atom stereocenters. The Morgan fingerprint density at radius 3 is 2.45 bits per heavy atom. The second-order valence-electron chi connectivity index (χ2n) is 6.20. The highest BCUT2D eigenvalue weighted by Gasteiger charge is 2.21. The van der Waals surface area contributed by atoms with Crippen LogP contribution in [0.5, 0.6) is 0 Å². The van der Waals surface area contributed by atoms with Gasteiger partial charge in [0.2, 0.25) is 11.8 Å². The fraction of sp³-hybridized carbons (Fsp3) is 0.529. The molecule has 1 saturated heterocycles. The zero-order valence-corrected chi connectivity index (χ0v) is 13.6. The average molecular weight is 303 g/mol. The van der Waals surface area contributed by atoms with Crippen LogP contribution in [0.1, 0.15) is 33.6 Å². The summed E-state index contributed by atoms with van der Waals surface area (Å²) in [6.45, 7) is 7.45. The van der Waals surface area contributed by atoms with E-state index in [1.165, 1.54) is 0 Å². The topological polar surface area (TPSA) is 61.4 Å². The molecule has 22 heavy (non-hydrogen) atoms. The molecule has 2 amide bonds. The van der Waals surface area contributed by atoms with Gasteiger partial charge >= 0.3 is 0 Å². The van der Waals surface area contributed by atoms with Gasteiger partial charge in [-0.25, -0.2) is 0 Å². The average Bonchev–Trinajstić information content (AvgIpc) is 2.91. The second kappa shape index (κ2) is 7.29. The molecule has 0 spiro atoms. The fourth-order valence-electron chi connectivity index (χ4n) is 2.43. The Kier molecular flexibility index (Phi) is 5.41. The van der Waals surface area contributed by atoms with E-state index in [4.69, 9.17) is 0 Å². The van der Waals surface area contributed by atoms with Crippen molar-refractivity contribution < 1.29 is 9.59 Å². The number of anilines is 2. The predicted molar refractivity (Wildman–Crippen MR) is 89.0 cm³/mol. The van der Waals surface area contributed by atoms with Gasteiger partial charge in [0.15, 0.2) is 0 Å². The van der Waals surface area contributed by atoms with Gasteiger partial charge < -0.3 is 15.5 Å².